The maximum absolute atomic E-state index is 12.6. The van der Waals surface area contributed by atoms with Gasteiger partial charge in [-0.1, -0.05) is 6.07 Å². The third kappa shape index (κ3) is 5.17. The first-order valence-electron chi connectivity index (χ1n) is 7.14. The van der Waals surface area contributed by atoms with E-state index in [4.69, 9.17) is 4.74 Å². The van der Waals surface area contributed by atoms with Crippen molar-refractivity contribution in [3.05, 3.63) is 64.2 Å². The quantitative estimate of drug-likeness (QED) is 0.445. The molecule has 2 aromatic carbocycles. The van der Waals surface area contributed by atoms with E-state index in [1.165, 1.54) is 12.1 Å². The molecule has 0 aliphatic heterocycles. The highest BCUT2D eigenvalue weighted by molar-refractivity contribution is 7.89. The zero-order valence-corrected chi connectivity index (χ0v) is 13.9. The number of ether oxygens (including phenoxy) is 1. The highest BCUT2D eigenvalue weighted by Crippen LogP contribution is 2.31. The molecule has 0 aromatic heterocycles. The van der Waals surface area contributed by atoms with E-state index in [0.717, 1.165) is 36.4 Å². The van der Waals surface area contributed by atoms with Crippen LogP contribution in [0, 0.1) is 10.1 Å². The molecule has 2 aromatic rings. The topological polar surface area (TPSA) is 98.5 Å². The van der Waals surface area contributed by atoms with Crippen LogP contribution in [0.15, 0.2) is 53.4 Å². The van der Waals surface area contributed by atoms with E-state index in [1.54, 1.807) is 0 Å². The molecule has 0 radical (unpaired) electrons. The lowest BCUT2D eigenvalue weighted by atomic mass is 10.2. The number of sulfonamides is 1. The normalized spacial score (nSPS) is 12.0. The van der Waals surface area contributed by atoms with Gasteiger partial charge in [0.25, 0.3) is 5.69 Å². The Kier molecular flexibility index (Phi) is 5.83. The van der Waals surface area contributed by atoms with E-state index in [9.17, 15) is 31.7 Å². The van der Waals surface area contributed by atoms with Crippen molar-refractivity contribution in [2.24, 2.45) is 0 Å². The Hall–Kier alpha value is -2.66. The predicted octanol–water partition coefficient (Wildman–Crippen LogP) is 2.97. The largest absolute Gasteiger partial charge is 0.492 e. The molecular weight excluding hydrogens is 377 g/mol. The summed E-state index contributed by atoms with van der Waals surface area (Å²) in [6.07, 6.45) is -4.50. The van der Waals surface area contributed by atoms with Gasteiger partial charge in [0.1, 0.15) is 12.4 Å². The zero-order chi connectivity index (χ0) is 19.4. The molecule has 26 heavy (non-hydrogen) atoms. The molecule has 1 N–H and O–H groups in total. The summed E-state index contributed by atoms with van der Waals surface area (Å²) in [6, 6.07) is 8.46. The van der Waals surface area contributed by atoms with Gasteiger partial charge in [-0.15, -0.1) is 0 Å². The first kappa shape index (κ1) is 19.7. The summed E-state index contributed by atoms with van der Waals surface area (Å²) in [6.45, 7) is -0.400. The molecule has 0 aliphatic rings. The van der Waals surface area contributed by atoms with Crippen molar-refractivity contribution in [3.8, 4) is 5.75 Å². The van der Waals surface area contributed by atoms with Crippen LogP contribution in [0.5, 0.6) is 5.75 Å². The molecule has 0 bridgehead atoms. The third-order valence-corrected chi connectivity index (χ3v) is 4.66. The molecule has 0 fully saturated rings. The van der Waals surface area contributed by atoms with Gasteiger partial charge in [-0.2, -0.15) is 13.2 Å². The first-order valence-corrected chi connectivity index (χ1v) is 8.62. The third-order valence-electron chi connectivity index (χ3n) is 3.18. The maximum Gasteiger partial charge on any atom is 0.416 e. The van der Waals surface area contributed by atoms with Gasteiger partial charge >= 0.3 is 6.18 Å². The van der Waals surface area contributed by atoms with Crippen molar-refractivity contribution in [3.63, 3.8) is 0 Å². The van der Waals surface area contributed by atoms with Crippen LogP contribution < -0.4 is 9.46 Å². The number of halogens is 3. The van der Waals surface area contributed by atoms with Crippen LogP contribution >= 0.6 is 0 Å². The van der Waals surface area contributed by atoms with Gasteiger partial charge in [-0.25, -0.2) is 13.1 Å². The zero-order valence-electron chi connectivity index (χ0n) is 13.1. The first-order chi connectivity index (χ1) is 12.1. The second kappa shape index (κ2) is 7.70. The Labute approximate surface area is 146 Å². The summed E-state index contributed by atoms with van der Waals surface area (Å²) < 4.78 is 69.1. The molecule has 0 aliphatic carbocycles. The van der Waals surface area contributed by atoms with Gasteiger partial charge in [0, 0.05) is 18.7 Å². The number of hydrogen-bond acceptors (Lipinski definition) is 5. The highest BCUT2D eigenvalue weighted by atomic mass is 32.2. The second-order valence-corrected chi connectivity index (χ2v) is 6.79. The van der Waals surface area contributed by atoms with Crippen molar-refractivity contribution >= 4 is 15.7 Å². The lowest BCUT2D eigenvalue weighted by Crippen LogP contribution is -2.28. The number of nitro benzene ring substituents is 1. The van der Waals surface area contributed by atoms with Crippen LogP contribution in [-0.2, 0) is 16.2 Å². The lowest BCUT2D eigenvalue weighted by molar-refractivity contribution is -0.384. The van der Waals surface area contributed by atoms with Crippen molar-refractivity contribution in [1.82, 2.24) is 4.72 Å². The minimum absolute atomic E-state index is 0.0469. The summed E-state index contributed by atoms with van der Waals surface area (Å²) in [5.74, 6) is -0.0469. The maximum atomic E-state index is 12.6. The van der Waals surface area contributed by atoms with Crippen LogP contribution in [-0.4, -0.2) is 26.5 Å². The van der Waals surface area contributed by atoms with E-state index in [2.05, 4.69) is 4.72 Å². The van der Waals surface area contributed by atoms with Gasteiger partial charge < -0.3 is 4.74 Å². The molecule has 7 nitrogen and oxygen atoms in total. The predicted molar refractivity (Wildman–Crippen MR) is 85.2 cm³/mol. The average Bonchev–Trinajstić information content (AvgIpc) is 2.58. The molecular formula is C15H13F3N2O5S. The number of rotatable bonds is 7. The fraction of sp³-hybridized carbons (Fsp3) is 0.200. The number of alkyl halides is 3. The fourth-order valence-corrected chi connectivity index (χ4v) is 2.95. The van der Waals surface area contributed by atoms with E-state index < -0.39 is 26.7 Å². The van der Waals surface area contributed by atoms with E-state index in [1.807, 2.05) is 0 Å². The highest BCUT2D eigenvalue weighted by Gasteiger charge is 2.30. The Bertz CT molecular complexity index is 883. The smallest absolute Gasteiger partial charge is 0.416 e. The van der Waals surface area contributed by atoms with Crippen LogP contribution in [0.25, 0.3) is 0 Å². The molecule has 0 heterocycles. The molecule has 0 saturated carbocycles. The Balaban J connectivity index is 1.92. The summed E-state index contributed by atoms with van der Waals surface area (Å²) in [5, 5.41) is 10.5. The summed E-state index contributed by atoms with van der Waals surface area (Å²) in [7, 11) is -3.92. The molecule has 0 saturated heterocycles. The second-order valence-electron chi connectivity index (χ2n) is 5.02. The number of non-ortho nitro benzene ring substituents is 1. The van der Waals surface area contributed by atoms with Gasteiger partial charge in [-0.05, 0) is 30.3 Å². The molecule has 0 atom stereocenters. The Morgan fingerprint density at radius 1 is 1.12 bits per heavy atom. The van der Waals surface area contributed by atoms with Gasteiger partial charge in [0.2, 0.25) is 10.0 Å². The van der Waals surface area contributed by atoms with E-state index in [-0.39, 0.29) is 29.5 Å². The monoisotopic (exact) mass is 390 g/mol. The minimum Gasteiger partial charge on any atom is -0.492 e. The number of benzene rings is 2. The van der Waals surface area contributed by atoms with Crippen LogP contribution in [0.3, 0.4) is 0 Å². The molecule has 140 valence electrons. The minimum atomic E-state index is -4.50. The summed E-state index contributed by atoms with van der Waals surface area (Å²) >= 11 is 0. The van der Waals surface area contributed by atoms with Crippen molar-refractivity contribution in [1.29, 1.82) is 0 Å². The van der Waals surface area contributed by atoms with Crippen molar-refractivity contribution in [2.45, 2.75) is 11.1 Å². The van der Waals surface area contributed by atoms with E-state index in [0.29, 0.717) is 0 Å². The van der Waals surface area contributed by atoms with Gasteiger partial charge in [0.05, 0.1) is 15.4 Å². The van der Waals surface area contributed by atoms with Crippen molar-refractivity contribution < 1.29 is 31.2 Å². The molecule has 0 amide bonds. The fourth-order valence-electron chi connectivity index (χ4n) is 1.94. The standard InChI is InChI=1S/C15H13F3N2O5S/c16-15(17,18)11-2-1-3-13(10-11)25-9-8-19-26(23,24)14-6-4-12(5-7-14)20(21)22/h1-7,10,19H,8-9H2. The summed E-state index contributed by atoms with van der Waals surface area (Å²) in [4.78, 5) is 9.71. The number of nitrogens with one attached hydrogen (secondary N) is 1. The van der Waals surface area contributed by atoms with E-state index >= 15 is 0 Å². The van der Waals surface area contributed by atoms with Gasteiger partial charge in [-0.3, -0.25) is 10.1 Å². The Morgan fingerprint density at radius 2 is 1.77 bits per heavy atom. The number of nitro groups is 1. The molecule has 2 rings (SSSR count). The van der Waals surface area contributed by atoms with Crippen molar-refractivity contribution in [2.75, 3.05) is 13.2 Å². The SMILES string of the molecule is O=[N+]([O-])c1ccc(S(=O)(=O)NCCOc2cccc(C(F)(F)F)c2)cc1. The number of nitrogens with zero attached hydrogens (tertiary/aromatic N) is 1. The van der Waals surface area contributed by atoms with Crippen LogP contribution in [0.2, 0.25) is 0 Å². The average molecular weight is 390 g/mol. The molecule has 0 spiro atoms. The van der Waals surface area contributed by atoms with Gasteiger partial charge in [0.15, 0.2) is 0 Å². The Morgan fingerprint density at radius 3 is 2.35 bits per heavy atom. The number of hydrogen-bond donors (Lipinski definition) is 1. The lowest BCUT2D eigenvalue weighted by Gasteiger charge is -2.11. The molecule has 11 heteroatoms. The molecule has 0 unspecified atom stereocenters. The summed E-state index contributed by atoms with van der Waals surface area (Å²) in [5.41, 5.74) is -1.13. The van der Waals surface area contributed by atoms with Crippen LogP contribution in [0.4, 0.5) is 18.9 Å². The van der Waals surface area contributed by atoms with Crippen LogP contribution in [0.1, 0.15) is 5.56 Å².